The molecule has 17 heavy (non-hydrogen) atoms. The highest BCUT2D eigenvalue weighted by atomic mass is 16.5. The van der Waals surface area contributed by atoms with Crippen LogP contribution in [0.4, 0.5) is 5.69 Å². The number of rotatable bonds is 3. The zero-order chi connectivity index (χ0) is 12.3. The van der Waals surface area contributed by atoms with E-state index in [0.717, 1.165) is 31.7 Å². The number of pyridine rings is 1. The third-order valence-corrected chi connectivity index (χ3v) is 3.15. The number of aromatic nitrogens is 1. The topological polar surface area (TPSA) is 62.7 Å². The van der Waals surface area contributed by atoms with Crippen LogP contribution in [-0.2, 0) is 4.74 Å². The van der Waals surface area contributed by atoms with Gasteiger partial charge < -0.3 is 14.7 Å². The molecule has 0 bridgehead atoms. The maximum Gasteiger partial charge on any atom is 0.339 e. The van der Waals surface area contributed by atoms with Gasteiger partial charge in [-0.2, -0.15) is 0 Å². The van der Waals surface area contributed by atoms with E-state index in [1.54, 1.807) is 12.3 Å². The Bertz CT molecular complexity index is 402. The molecule has 0 saturated carbocycles. The molecule has 92 valence electrons. The minimum atomic E-state index is -0.938. The standard InChI is InChI=1S/C12H16N2O3/c1-14(9-3-6-17-7-4-9)11-2-5-13-8-10(11)12(15)16/h2,5,8-9H,3-4,6-7H2,1H3,(H,15,16). The quantitative estimate of drug-likeness (QED) is 0.859. The summed E-state index contributed by atoms with van der Waals surface area (Å²) < 4.78 is 5.31. The Morgan fingerprint density at radius 3 is 2.88 bits per heavy atom. The van der Waals surface area contributed by atoms with E-state index >= 15 is 0 Å². The summed E-state index contributed by atoms with van der Waals surface area (Å²) in [6.45, 7) is 1.48. The van der Waals surface area contributed by atoms with Crippen LogP contribution >= 0.6 is 0 Å². The number of ether oxygens (including phenoxy) is 1. The summed E-state index contributed by atoms with van der Waals surface area (Å²) in [5, 5.41) is 9.12. The van der Waals surface area contributed by atoms with Crippen LogP contribution < -0.4 is 4.90 Å². The number of carboxylic acid groups (broad SMARTS) is 1. The van der Waals surface area contributed by atoms with E-state index in [9.17, 15) is 4.79 Å². The average molecular weight is 236 g/mol. The van der Waals surface area contributed by atoms with Crippen LogP contribution in [0.15, 0.2) is 18.5 Å². The van der Waals surface area contributed by atoms with Crippen LogP contribution in [0.5, 0.6) is 0 Å². The van der Waals surface area contributed by atoms with Crippen LogP contribution in [-0.4, -0.2) is 42.4 Å². The third-order valence-electron chi connectivity index (χ3n) is 3.15. The molecule has 1 fully saturated rings. The van der Waals surface area contributed by atoms with Crippen LogP contribution in [0.3, 0.4) is 0 Å². The van der Waals surface area contributed by atoms with Gasteiger partial charge in [-0.3, -0.25) is 4.98 Å². The largest absolute Gasteiger partial charge is 0.478 e. The molecule has 1 aliphatic heterocycles. The SMILES string of the molecule is CN(c1ccncc1C(=O)O)C1CCOCC1. The lowest BCUT2D eigenvalue weighted by molar-refractivity contribution is 0.0696. The fraction of sp³-hybridized carbons (Fsp3) is 0.500. The smallest absolute Gasteiger partial charge is 0.339 e. The molecule has 5 heteroatoms. The first-order valence-corrected chi connectivity index (χ1v) is 5.68. The molecule has 0 atom stereocenters. The molecule has 0 radical (unpaired) electrons. The molecule has 1 saturated heterocycles. The van der Waals surface area contributed by atoms with Crippen molar-refractivity contribution >= 4 is 11.7 Å². The van der Waals surface area contributed by atoms with Crippen molar-refractivity contribution < 1.29 is 14.6 Å². The Hall–Kier alpha value is -1.62. The van der Waals surface area contributed by atoms with E-state index in [-0.39, 0.29) is 5.56 Å². The molecule has 1 aromatic rings. The van der Waals surface area contributed by atoms with E-state index < -0.39 is 5.97 Å². The van der Waals surface area contributed by atoms with Crippen LogP contribution in [0, 0.1) is 0 Å². The summed E-state index contributed by atoms with van der Waals surface area (Å²) in [7, 11) is 1.93. The van der Waals surface area contributed by atoms with Gasteiger partial charge in [0, 0.05) is 38.7 Å². The molecule has 1 N–H and O–H groups in total. The zero-order valence-corrected chi connectivity index (χ0v) is 9.80. The van der Waals surface area contributed by atoms with Crippen LogP contribution in [0.1, 0.15) is 23.2 Å². The first kappa shape index (κ1) is 11.9. The van der Waals surface area contributed by atoms with E-state index in [0.29, 0.717) is 6.04 Å². The summed E-state index contributed by atoms with van der Waals surface area (Å²) >= 11 is 0. The van der Waals surface area contributed by atoms with E-state index in [1.165, 1.54) is 6.20 Å². The summed E-state index contributed by atoms with van der Waals surface area (Å²) in [5.74, 6) is -0.938. The van der Waals surface area contributed by atoms with E-state index in [2.05, 4.69) is 4.98 Å². The third kappa shape index (κ3) is 2.55. The number of hydrogen-bond donors (Lipinski definition) is 1. The van der Waals surface area contributed by atoms with Gasteiger partial charge in [0.2, 0.25) is 0 Å². The van der Waals surface area contributed by atoms with Gasteiger partial charge in [0.1, 0.15) is 5.56 Å². The number of hydrogen-bond acceptors (Lipinski definition) is 4. The number of anilines is 1. The van der Waals surface area contributed by atoms with E-state index in [1.807, 2.05) is 11.9 Å². The van der Waals surface area contributed by atoms with Gasteiger partial charge in [-0.25, -0.2) is 4.79 Å². The minimum Gasteiger partial charge on any atom is -0.478 e. The number of carbonyl (C=O) groups is 1. The second-order valence-corrected chi connectivity index (χ2v) is 4.15. The predicted molar refractivity (Wildman–Crippen MR) is 63.4 cm³/mol. The summed E-state index contributed by atoms with van der Waals surface area (Å²) in [5.41, 5.74) is 0.973. The number of nitrogens with zero attached hydrogens (tertiary/aromatic N) is 2. The maximum atomic E-state index is 11.1. The summed E-state index contributed by atoms with van der Waals surface area (Å²) in [6.07, 6.45) is 4.88. The Kier molecular flexibility index (Phi) is 3.58. The minimum absolute atomic E-state index is 0.251. The first-order chi connectivity index (χ1) is 8.20. The molecule has 0 aromatic carbocycles. The van der Waals surface area contributed by atoms with Crippen molar-refractivity contribution in [3.05, 3.63) is 24.0 Å². The predicted octanol–water partition coefficient (Wildman–Crippen LogP) is 1.40. The van der Waals surface area contributed by atoms with Crippen molar-refractivity contribution in [2.75, 3.05) is 25.2 Å². The highest BCUT2D eigenvalue weighted by molar-refractivity contribution is 5.94. The molecule has 2 heterocycles. The molecule has 0 aliphatic carbocycles. The number of aromatic carboxylic acids is 1. The van der Waals surface area contributed by atoms with Crippen LogP contribution in [0.2, 0.25) is 0 Å². The zero-order valence-electron chi connectivity index (χ0n) is 9.80. The van der Waals surface area contributed by atoms with Crippen molar-refractivity contribution in [2.24, 2.45) is 0 Å². The Morgan fingerprint density at radius 1 is 1.53 bits per heavy atom. The monoisotopic (exact) mass is 236 g/mol. The van der Waals surface area contributed by atoms with Crippen molar-refractivity contribution in [3.8, 4) is 0 Å². The van der Waals surface area contributed by atoms with Gasteiger partial charge in [-0.05, 0) is 18.9 Å². The van der Waals surface area contributed by atoms with Gasteiger partial charge in [0.25, 0.3) is 0 Å². The molecular formula is C12H16N2O3. The molecule has 0 spiro atoms. The lowest BCUT2D eigenvalue weighted by Crippen LogP contribution is -2.37. The van der Waals surface area contributed by atoms with E-state index in [4.69, 9.17) is 9.84 Å². The Labute approximate surface area is 100 Å². The molecule has 1 aliphatic rings. The molecular weight excluding hydrogens is 220 g/mol. The highest BCUT2D eigenvalue weighted by Crippen LogP contribution is 2.24. The fourth-order valence-electron chi connectivity index (χ4n) is 2.13. The summed E-state index contributed by atoms with van der Waals surface area (Å²) in [4.78, 5) is 17.0. The maximum absolute atomic E-state index is 11.1. The first-order valence-electron chi connectivity index (χ1n) is 5.68. The van der Waals surface area contributed by atoms with Gasteiger partial charge in [0.05, 0.1) is 5.69 Å². The molecule has 2 rings (SSSR count). The number of carboxylic acids is 1. The van der Waals surface area contributed by atoms with Gasteiger partial charge in [-0.1, -0.05) is 0 Å². The van der Waals surface area contributed by atoms with Crippen molar-refractivity contribution in [1.82, 2.24) is 4.98 Å². The lowest BCUT2D eigenvalue weighted by atomic mass is 10.1. The van der Waals surface area contributed by atoms with Gasteiger partial charge in [-0.15, -0.1) is 0 Å². The summed E-state index contributed by atoms with van der Waals surface area (Å²) in [6, 6.07) is 2.09. The fourth-order valence-corrected chi connectivity index (χ4v) is 2.13. The second kappa shape index (κ2) is 5.14. The molecule has 0 amide bonds. The Balaban J connectivity index is 2.23. The van der Waals surface area contributed by atoms with Crippen LogP contribution in [0.25, 0.3) is 0 Å². The highest BCUT2D eigenvalue weighted by Gasteiger charge is 2.22. The molecule has 1 aromatic heterocycles. The van der Waals surface area contributed by atoms with Gasteiger partial charge in [0.15, 0.2) is 0 Å². The Morgan fingerprint density at radius 2 is 2.24 bits per heavy atom. The molecule has 5 nitrogen and oxygen atoms in total. The van der Waals surface area contributed by atoms with Crippen molar-refractivity contribution in [2.45, 2.75) is 18.9 Å². The lowest BCUT2D eigenvalue weighted by Gasteiger charge is -2.33. The average Bonchev–Trinajstić information content (AvgIpc) is 2.39. The van der Waals surface area contributed by atoms with Crippen molar-refractivity contribution in [1.29, 1.82) is 0 Å². The van der Waals surface area contributed by atoms with Gasteiger partial charge >= 0.3 is 5.97 Å². The second-order valence-electron chi connectivity index (χ2n) is 4.15. The van der Waals surface area contributed by atoms with Crippen molar-refractivity contribution in [3.63, 3.8) is 0 Å². The normalized spacial score (nSPS) is 16.8. The molecule has 0 unspecified atom stereocenters.